The van der Waals surface area contributed by atoms with Gasteiger partial charge in [0.1, 0.15) is 34.9 Å². The molecular weight excluding hydrogens is 616 g/mol. The molecule has 5 aromatic rings. The number of amides is 1. The van der Waals surface area contributed by atoms with Crippen molar-refractivity contribution >= 4 is 22.6 Å². The average molecular weight is 656 g/mol. The number of aliphatic hydroxyl groups is 1. The number of pyridine rings is 2. The molecule has 1 aliphatic carbocycles. The summed E-state index contributed by atoms with van der Waals surface area (Å²) in [5.74, 6) is -0.639. The number of ether oxygens (including phenoxy) is 1. The quantitative estimate of drug-likeness (QED) is 0.182. The summed E-state index contributed by atoms with van der Waals surface area (Å²) in [6.45, 7) is 4.54. The van der Waals surface area contributed by atoms with Gasteiger partial charge in [-0.1, -0.05) is 6.07 Å². The van der Waals surface area contributed by atoms with Gasteiger partial charge in [0.05, 0.1) is 29.8 Å². The second-order valence-corrected chi connectivity index (χ2v) is 13.6. The molecule has 1 saturated carbocycles. The van der Waals surface area contributed by atoms with Gasteiger partial charge < -0.3 is 25.0 Å². The molecule has 12 heteroatoms. The molecule has 0 spiro atoms. The minimum atomic E-state index is -1.56. The Labute approximate surface area is 276 Å². The van der Waals surface area contributed by atoms with E-state index in [2.05, 4.69) is 16.0 Å². The Hall–Kier alpha value is -4.39. The molecule has 5 atom stereocenters. The van der Waals surface area contributed by atoms with Gasteiger partial charge in [-0.05, 0) is 88.3 Å². The number of nitrogens with zero attached hydrogens (tertiary/aromatic N) is 5. The number of aliphatic hydroxyl groups excluding tert-OH is 1. The third-order valence-electron chi connectivity index (χ3n) is 10.5. The van der Waals surface area contributed by atoms with Gasteiger partial charge in [-0.3, -0.25) is 14.5 Å². The Bertz CT molecular complexity index is 2050. The van der Waals surface area contributed by atoms with E-state index in [9.17, 15) is 18.7 Å². The van der Waals surface area contributed by atoms with Crippen molar-refractivity contribution in [3.8, 4) is 17.3 Å². The van der Waals surface area contributed by atoms with Crippen molar-refractivity contribution in [2.75, 3.05) is 7.11 Å². The number of fused-ring (bicyclic) bond motifs is 4. The van der Waals surface area contributed by atoms with Crippen molar-refractivity contribution in [2.45, 2.75) is 82.9 Å². The van der Waals surface area contributed by atoms with Gasteiger partial charge in [0, 0.05) is 47.7 Å². The van der Waals surface area contributed by atoms with E-state index in [1.807, 2.05) is 34.4 Å². The number of hydrogen-bond donors (Lipinski definition) is 3. The van der Waals surface area contributed by atoms with Gasteiger partial charge in [-0.25, -0.2) is 18.7 Å². The number of halogens is 2. The van der Waals surface area contributed by atoms with Gasteiger partial charge in [-0.15, -0.1) is 0 Å². The number of imidazole rings is 1. The van der Waals surface area contributed by atoms with Crippen LogP contribution in [0.4, 0.5) is 8.78 Å². The highest BCUT2D eigenvalue weighted by Gasteiger charge is 2.47. The van der Waals surface area contributed by atoms with Crippen LogP contribution in [0, 0.1) is 24.5 Å². The van der Waals surface area contributed by atoms with Crippen molar-refractivity contribution in [3.05, 3.63) is 82.7 Å². The summed E-state index contributed by atoms with van der Waals surface area (Å²) < 4.78 is 38.6. The molecule has 2 aliphatic heterocycles. The van der Waals surface area contributed by atoms with E-state index < -0.39 is 29.5 Å². The van der Waals surface area contributed by atoms with Crippen LogP contribution < -0.4 is 15.8 Å². The second kappa shape index (κ2) is 11.6. The fraction of sp³-hybridized carbons (Fsp3) is 0.417. The molecule has 8 rings (SSSR count). The predicted molar refractivity (Wildman–Crippen MR) is 176 cm³/mol. The maximum absolute atomic E-state index is 14.3. The molecule has 4 N–H and O–H groups in total. The minimum Gasteiger partial charge on any atom is -0.482 e. The van der Waals surface area contributed by atoms with Gasteiger partial charge in [-0.2, -0.15) is 0 Å². The normalized spacial score (nSPS) is 21.8. The van der Waals surface area contributed by atoms with Crippen LogP contribution in [0.5, 0.6) is 5.88 Å². The SMILES string of the molecule is COc1cc(C(=O)N2[C@H]3CC[C@@H]2[C@H](N)C3)cc2nc(-c3cc4ccc([C@@H](C)NC(O)c5c(F)cccc5F)nc4n3CC3CC3)c(C)n12. The van der Waals surface area contributed by atoms with E-state index in [4.69, 9.17) is 20.4 Å². The zero-order valence-corrected chi connectivity index (χ0v) is 27.2. The molecule has 0 radical (unpaired) electrons. The van der Waals surface area contributed by atoms with E-state index in [0.29, 0.717) is 28.7 Å². The third kappa shape index (κ3) is 5.05. The summed E-state index contributed by atoms with van der Waals surface area (Å²) in [6.07, 6.45) is 3.45. The first-order valence-corrected chi connectivity index (χ1v) is 16.7. The highest BCUT2D eigenvalue weighted by Crippen LogP contribution is 2.40. The maximum atomic E-state index is 14.3. The summed E-state index contributed by atoms with van der Waals surface area (Å²) in [7, 11) is 1.60. The summed E-state index contributed by atoms with van der Waals surface area (Å²) in [6, 6.07) is 12.8. The van der Waals surface area contributed by atoms with Gasteiger partial charge in [0.15, 0.2) is 5.88 Å². The molecule has 2 bridgehead atoms. The summed E-state index contributed by atoms with van der Waals surface area (Å²) in [5, 5.41) is 14.5. The van der Waals surface area contributed by atoms with Crippen molar-refractivity contribution in [1.82, 2.24) is 29.2 Å². The number of nitrogens with two attached hydrogens (primary N) is 1. The van der Waals surface area contributed by atoms with E-state index in [-0.39, 0.29) is 24.0 Å². The molecule has 6 heterocycles. The summed E-state index contributed by atoms with van der Waals surface area (Å²) in [4.78, 5) is 25.8. The van der Waals surface area contributed by atoms with Crippen LogP contribution >= 0.6 is 0 Å². The molecule has 1 aromatic carbocycles. The van der Waals surface area contributed by atoms with Crippen LogP contribution in [0.2, 0.25) is 0 Å². The molecule has 48 heavy (non-hydrogen) atoms. The Morgan fingerprint density at radius 1 is 1.10 bits per heavy atom. The fourth-order valence-electron chi connectivity index (χ4n) is 7.79. The number of hydrogen-bond acceptors (Lipinski definition) is 7. The Balaban J connectivity index is 1.17. The molecule has 1 unspecified atom stereocenters. The average Bonchev–Trinajstić information content (AvgIpc) is 3.38. The first-order valence-electron chi connectivity index (χ1n) is 16.7. The zero-order chi connectivity index (χ0) is 33.4. The lowest BCUT2D eigenvalue weighted by Crippen LogP contribution is -2.40. The van der Waals surface area contributed by atoms with Crippen molar-refractivity contribution in [3.63, 3.8) is 0 Å². The first-order chi connectivity index (χ1) is 23.1. The lowest BCUT2D eigenvalue weighted by atomic mass is 9.97. The Morgan fingerprint density at radius 3 is 2.54 bits per heavy atom. The standard InChI is InChI=1S/C36H39F2N7O3/c1-18(40-35(46)32-24(37)5-4-6-25(32)38)27-11-9-21-13-29(43(34(21)41-27)17-20-7-8-20)33-19(2)44-30(42-33)14-22(15-31(44)48-3)36(47)45-23-10-12-28(45)26(39)16-23/h4-6,9,11,13-15,18,20,23,26,28,35,40,46H,7-8,10,12,16-17,39H2,1-3H3/t18-,23+,26-,28-,35?/m1/s1. The molecule has 4 aromatic heterocycles. The van der Waals surface area contributed by atoms with Gasteiger partial charge in [0.25, 0.3) is 5.91 Å². The van der Waals surface area contributed by atoms with E-state index in [1.165, 1.54) is 6.07 Å². The fourth-order valence-corrected chi connectivity index (χ4v) is 7.79. The maximum Gasteiger partial charge on any atom is 0.254 e. The van der Waals surface area contributed by atoms with Crippen LogP contribution in [0.25, 0.3) is 28.1 Å². The lowest BCUT2D eigenvalue weighted by molar-refractivity contribution is 0.0725. The number of carbonyl (C=O) groups excluding carboxylic acids is 1. The number of rotatable bonds is 9. The molecule has 2 saturated heterocycles. The Morgan fingerprint density at radius 2 is 1.88 bits per heavy atom. The van der Waals surface area contributed by atoms with Gasteiger partial charge in [0.2, 0.25) is 0 Å². The topological polar surface area (TPSA) is 123 Å². The number of nitrogens with one attached hydrogen (secondary N) is 1. The Kier molecular flexibility index (Phi) is 7.50. The largest absolute Gasteiger partial charge is 0.482 e. The molecule has 3 aliphatic rings. The van der Waals surface area contributed by atoms with Crippen molar-refractivity contribution < 1.29 is 23.4 Å². The van der Waals surface area contributed by atoms with Crippen LogP contribution in [0.3, 0.4) is 0 Å². The van der Waals surface area contributed by atoms with E-state index in [0.717, 1.165) is 78.9 Å². The van der Waals surface area contributed by atoms with Crippen molar-refractivity contribution in [2.24, 2.45) is 11.7 Å². The summed E-state index contributed by atoms with van der Waals surface area (Å²) >= 11 is 0. The predicted octanol–water partition coefficient (Wildman–Crippen LogP) is 5.40. The zero-order valence-electron chi connectivity index (χ0n) is 27.2. The number of aryl methyl sites for hydroxylation is 1. The molecule has 10 nitrogen and oxygen atoms in total. The smallest absolute Gasteiger partial charge is 0.254 e. The summed E-state index contributed by atoms with van der Waals surface area (Å²) in [5.41, 5.74) is 11.0. The van der Waals surface area contributed by atoms with E-state index >= 15 is 0 Å². The second-order valence-electron chi connectivity index (χ2n) is 13.6. The van der Waals surface area contributed by atoms with Crippen LogP contribution in [-0.4, -0.2) is 60.1 Å². The highest BCUT2D eigenvalue weighted by molar-refractivity contribution is 5.96. The first kappa shape index (κ1) is 30.9. The third-order valence-corrected chi connectivity index (χ3v) is 10.5. The molecular formula is C36H39F2N7O3. The van der Waals surface area contributed by atoms with Gasteiger partial charge >= 0.3 is 0 Å². The van der Waals surface area contributed by atoms with Crippen LogP contribution in [0.15, 0.2) is 48.5 Å². The minimum absolute atomic E-state index is 0.0137. The number of carbonyl (C=O) groups is 1. The van der Waals surface area contributed by atoms with Crippen LogP contribution in [-0.2, 0) is 6.54 Å². The highest BCUT2D eigenvalue weighted by atomic mass is 19.1. The monoisotopic (exact) mass is 655 g/mol. The van der Waals surface area contributed by atoms with Crippen molar-refractivity contribution in [1.29, 1.82) is 0 Å². The lowest BCUT2D eigenvalue weighted by Gasteiger charge is -2.23. The van der Waals surface area contributed by atoms with Crippen LogP contribution in [0.1, 0.15) is 78.6 Å². The number of benzene rings is 1. The number of aromatic nitrogens is 4. The molecule has 3 fully saturated rings. The molecule has 1 amide bonds. The number of methoxy groups -OCH3 is 1. The molecule has 250 valence electrons. The van der Waals surface area contributed by atoms with E-state index in [1.54, 1.807) is 20.1 Å².